The zero-order chi connectivity index (χ0) is 11.1. The summed E-state index contributed by atoms with van der Waals surface area (Å²) in [4.78, 5) is 0. The molecule has 1 aromatic rings. The first-order valence-electron chi connectivity index (χ1n) is 5.10. The Morgan fingerprint density at radius 3 is 2.87 bits per heavy atom. The summed E-state index contributed by atoms with van der Waals surface area (Å²) in [5, 5.41) is 9.94. The van der Waals surface area contributed by atoms with Gasteiger partial charge in [-0.15, -0.1) is 0 Å². The minimum atomic E-state index is 0.190. The summed E-state index contributed by atoms with van der Waals surface area (Å²) in [7, 11) is 1.67. The predicted octanol–water partition coefficient (Wildman–Crippen LogP) is 2.53. The van der Waals surface area contributed by atoms with Gasteiger partial charge < -0.3 is 9.84 Å². The highest BCUT2D eigenvalue weighted by molar-refractivity contribution is 6.30. The van der Waals surface area contributed by atoms with Crippen molar-refractivity contribution in [2.45, 2.75) is 12.8 Å². The van der Waals surface area contributed by atoms with Crippen LogP contribution in [0.25, 0.3) is 0 Å². The molecular weight excluding hydrogens is 212 g/mol. The van der Waals surface area contributed by atoms with Gasteiger partial charge >= 0.3 is 0 Å². The number of hydrogen-bond donors (Lipinski definition) is 1. The lowest BCUT2D eigenvalue weighted by atomic mass is 9.97. The summed E-state index contributed by atoms with van der Waals surface area (Å²) in [6.45, 7) is 0.877. The van der Waals surface area contributed by atoms with E-state index in [-0.39, 0.29) is 12.5 Å². The van der Waals surface area contributed by atoms with Crippen molar-refractivity contribution in [3.63, 3.8) is 0 Å². The highest BCUT2D eigenvalue weighted by atomic mass is 35.5. The molecule has 0 saturated heterocycles. The summed E-state index contributed by atoms with van der Waals surface area (Å²) in [5.41, 5.74) is 1.16. The maximum atomic E-state index is 9.19. The van der Waals surface area contributed by atoms with Gasteiger partial charge in [0.05, 0.1) is 0 Å². The standard InChI is InChI=1S/C12H17ClO2/c1-15-6-5-11(9-14)7-10-3-2-4-12(13)8-10/h2-4,8,11,14H,5-7,9H2,1H3. The summed E-state index contributed by atoms with van der Waals surface area (Å²) < 4.78 is 5.00. The average Bonchev–Trinajstić information content (AvgIpc) is 2.24. The molecular formula is C12H17ClO2. The van der Waals surface area contributed by atoms with Crippen LogP contribution < -0.4 is 0 Å². The Kier molecular flexibility index (Phi) is 5.69. The molecule has 3 heteroatoms. The van der Waals surface area contributed by atoms with E-state index in [1.807, 2.05) is 24.3 Å². The largest absolute Gasteiger partial charge is 0.396 e. The molecule has 1 unspecified atom stereocenters. The van der Waals surface area contributed by atoms with Crippen LogP contribution in [0, 0.1) is 5.92 Å². The lowest BCUT2D eigenvalue weighted by Crippen LogP contribution is -2.12. The van der Waals surface area contributed by atoms with Crippen molar-refractivity contribution >= 4 is 11.6 Å². The SMILES string of the molecule is COCCC(CO)Cc1cccc(Cl)c1. The maximum absolute atomic E-state index is 9.19. The number of methoxy groups -OCH3 is 1. The van der Waals surface area contributed by atoms with Gasteiger partial charge in [0, 0.05) is 25.3 Å². The molecule has 1 rings (SSSR count). The third-order valence-corrected chi connectivity index (χ3v) is 2.64. The van der Waals surface area contributed by atoms with Gasteiger partial charge in [0.15, 0.2) is 0 Å². The lowest BCUT2D eigenvalue weighted by Gasteiger charge is -2.13. The third-order valence-electron chi connectivity index (χ3n) is 2.40. The Morgan fingerprint density at radius 1 is 1.47 bits per heavy atom. The van der Waals surface area contributed by atoms with Gasteiger partial charge in [0.2, 0.25) is 0 Å². The Balaban J connectivity index is 2.50. The van der Waals surface area contributed by atoms with Crippen LogP contribution in [0.3, 0.4) is 0 Å². The minimum absolute atomic E-state index is 0.190. The zero-order valence-electron chi connectivity index (χ0n) is 8.95. The fourth-order valence-electron chi connectivity index (χ4n) is 1.54. The molecule has 0 heterocycles. The molecule has 0 aliphatic heterocycles. The first kappa shape index (κ1) is 12.5. The molecule has 1 atom stereocenters. The highest BCUT2D eigenvalue weighted by Crippen LogP contribution is 2.16. The van der Waals surface area contributed by atoms with E-state index in [1.54, 1.807) is 7.11 Å². The molecule has 0 spiro atoms. The van der Waals surface area contributed by atoms with Crippen molar-refractivity contribution in [3.8, 4) is 0 Å². The Morgan fingerprint density at radius 2 is 2.27 bits per heavy atom. The van der Waals surface area contributed by atoms with Gasteiger partial charge in [-0.2, -0.15) is 0 Å². The zero-order valence-corrected chi connectivity index (χ0v) is 9.70. The van der Waals surface area contributed by atoms with E-state index in [0.717, 1.165) is 23.4 Å². The smallest absolute Gasteiger partial charge is 0.0465 e. The Labute approximate surface area is 95.8 Å². The van der Waals surface area contributed by atoms with Gasteiger partial charge in [-0.05, 0) is 36.5 Å². The average molecular weight is 229 g/mol. The monoisotopic (exact) mass is 228 g/mol. The van der Waals surface area contributed by atoms with Crippen LogP contribution in [0.15, 0.2) is 24.3 Å². The fraction of sp³-hybridized carbons (Fsp3) is 0.500. The number of benzene rings is 1. The molecule has 0 radical (unpaired) electrons. The van der Waals surface area contributed by atoms with E-state index in [2.05, 4.69) is 0 Å². The third kappa shape index (κ3) is 4.65. The van der Waals surface area contributed by atoms with E-state index in [1.165, 1.54) is 0 Å². The summed E-state index contributed by atoms with van der Waals surface area (Å²) in [5.74, 6) is 0.253. The molecule has 2 nitrogen and oxygen atoms in total. The normalized spacial score (nSPS) is 12.7. The molecule has 0 aliphatic carbocycles. The first-order chi connectivity index (χ1) is 7.26. The molecule has 1 aromatic carbocycles. The van der Waals surface area contributed by atoms with E-state index < -0.39 is 0 Å². The van der Waals surface area contributed by atoms with E-state index in [0.29, 0.717) is 6.61 Å². The minimum Gasteiger partial charge on any atom is -0.396 e. The van der Waals surface area contributed by atoms with Crippen LogP contribution >= 0.6 is 11.6 Å². The summed E-state index contributed by atoms with van der Waals surface area (Å²) in [6, 6.07) is 7.76. The van der Waals surface area contributed by atoms with E-state index >= 15 is 0 Å². The molecule has 0 fully saturated rings. The van der Waals surface area contributed by atoms with Crippen molar-refractivity contribution in [3.05, 3.63) is 34.9 Å². The topological polar surface area (TPSA) is 29.5 Å². The van der Waals surface area contributed by atoms with Crippen molar-refractivity contribution in [2.75, 3.05) is 20.3 Å². The number of ether oxygens (including phenoxy) is 1. The van der Waals surface area contributed by atoms with Crippen LogP contribution in [-0.4, -0.2) is 25.4 Å². The number of aliphatic hydroxyl groups excluding tert-OH is 1. The van der Waals surface area contributed by atoms with E-state index in [4.69, 9.17) is 16.3 Å². The second-order valence-corrected chi connectivity index (χ2v) is 4.10. The van der Waals surface area contributed by atoms with Gasteiger partial charge in [0.25, 0.3) is 0 Å². The Bertz CT molecular complexity index is 289. The number of rotatable bonds is 6. The van der Waals surface area contributed by atoms with E-state index in [9.17, 15) is 5.11 Å². The van der Waals surface area contributed by atoms with Gasteiger partial charge in [-0.1, -0.05) is 23.7 Å². The molecule has 84 valence electrons. The molecule has 1 N–H and O–H groups in total. The Hall–Kier alpha value is -0.570. The maximum Gasteiger partial charge on any atom is 0.0465 e. The first-order valence-corrected chi connectivity index (χ1v) is 5.48. The molecule has 0 bridgehead atoms. The van der Waals surface area contributed by atoms with Crippen LogP contribution in [0.4, 0.5) is 0 Å². The second kappa shape index (κ2) is 6.83. The second-order valence-electron chi connectivity index (χ2n) is 3.66. The van der Waals surface area contributed by atoms with Crippen LogP contribution in [-0.2, 0) is 11.2 Å². The molecule has 15 heavy (non-hydrogen) atoms. The van der Waals surface area contributed by atoms with Crippen molar-refractivity contribution in [1.82, 2.24) is 0 Å². The molecule has 0 aliphatic rings. The summed E-state index contributed by atoms with van der Waals surface area (Å²) in [6.07, 6.45) is 1.72. The number of aliphatic hydroxyl groups is 1. The van der Waals surface area contributed by atoms with Crippen molar-refractivity contribution in [1.29, 1.82) is 0 Å². The highest BCUT2D eigenvalue weighted by Gasteiger charge is 2.08. The number of halogens is 1. The summed E-state index contributed by atoms with van der Waals surface area (Å²) >= 11 is 5.89. The number of hydrogen-bond acceptors (Lipinski definition) is 2. The van der Waals surface area contributed by atoms with Crippen LogP contribution in [0.2, 0.25) is 5.02 Å². The molecule has 0 aromatic heterocycles. The van der Waals surface area contributed by atoms with Crippen LogP contribution in [0.1, 0.15) is 12.0 Å². The van der Waals surface area contributed by atoms with Gasteiger partial charge in [0.1, 0.15) is 0 Å². The van der Waals surface area contributed by atoms with Crippen molar-refractivity contribution < 1.29 is 9.84 Å². The predicted molar refractivity (Wildman–Crippen MR) is 62.2 cm³/mol. The van der Waals surface area contributed by atoms with Gasteiger partial charge in [-0.25, -0.2) is 0 Å². The van der Waals surface area contributed by atoms with Gasteiger partial charge in [-0.3, -0.25) is 0 Å². The molecule has 0 amide bonds. The molecule has 0 saturated carbocycles. The quantitative estimate of drug-likeness (QED) is 0.811. The lowest BCUT2D eigenvalue weighted by molar-refractivity contribution is 0.147. The van der Waals surface area contributed by atoms with Crippen molar-refractivity contribution in [2.24, 2.45) is 5.92 Å². The van der Waals surface area contributed by atoms with Crippen LogP contribution in [0.5, 0.6) is 0 Å². The fourth-order valence-corrected chi connectivity index (χ4v) is 1.75.